The summed E-state index contributed by atoms with van der Waals surface area (Å²) < 4.78 is 0. The average molecular weight is 293 g/mol. The zero-order chi connectivity index (χ0) is 14.8. The monoisotopic (exact) mass is 293 g/mol. The van der Waals surface area contributed by atoms with Crippen LogP contribution in [0.25, 0.3) is 0 Å². The van der Waals surface area contributed by atoms with Gasteiger partial charge in [-0.05, 0) is 24.6 Å². The van der Waals surface area contributed by atoms with Crippen molar-refractivity contribution in [3.63, 3.8) is 0 Å². The molecule has 0 aliphatic heterocycles. The highest BCUT2D eigenvalue weighted by Gasteiger charge is 2.11. The largest absolute Gasteiger partial charge is 0.395 e. The van der Waals surface area contributed by atoms with E-state index >= 15 is 0 Å². The summed E-state index contributed by atoms with van der Waals surface area (Å²) in [6, 6.07) is 4.28. The minimum absolute atomic E-state index is 0.143. The number of thiophene rings is 1. The molecule has 0 saturated heterocycles. The number of hydrogen-bond donors (Lipinski definition) is 1. The van der Waals surface area contributed by atoms with Crippen LogP contribution in [-0.4, -0.2) is 29.7 Å². The molecule has 1 heterocycles. The van der Waals surface area contributed by atoms with Crippen molar-refractivity contribution in [3.8, 4) is 11.8 Å². The lowest BCUT2D eigenvalue weighted by Gasteiger charge is -2.24. The van der Waals surface area contributed by atoms with Crippen LogP contribution in [0.5, 0.6) is 0 Å². The maximum absolute atomic E-state index is 8.73. The van der Waals surface area contributed by atoms with Gasteiger partial charge in [0, 0.05) is 24.4 Å². The van der Waals surface area contributed by atoms with Gasteiger partial charge in [0.25, 0.3) is 0 Å². The maximum Gasteiger partial charge on any atom is 0.0771 e. The van der Waals surface area contributed by atoms with Gasteiger partial charge in [-0.25, -0.2) is 0 Å². The lowest BCUT2D eigenvalue weighted by atomic mass is 10.0. The Balaban J connectivity index is 2.56. The van der Waals surface area contributed by atoms with Crippen LogP contribution in [0.15, 0.2) is 12.1 Å². The molecule has 0 atom stereocenters. The Labute approximate surface area is 127 Å². The smallest absolute Gasteiger partial charge is 0.0771 e. The lowest BCUT2D eigenvalue weighted by Crippen LogP contribution is -2.28. The molecule has 112 valence electrons. The summed E-state index contributed by atoms with van der Waals surface area (Å²) in [5.41, 5.74) is 0. The van der Waals surface area contributed by atoms with Crippen molar-refractivity contribution in [2.45, 2.75) is 46.6 Å². The summed E-state index contributed by atoms with van der Waals surface area (Å²) in [4.78, 5) is 5.01. The minimum atomic E-state index is 0.143. The van der Waals surface area contributed by atoms with E-state index in [9.17, 15) is 0 Å². The highest BCUT2D eigenvalue weighted by atomic mass is 32.1. The average Bonchev–Trinajstić information content (AvgIpc) is 2.91. The minimum Gasteiger partial charge on any atom is -0.395 e. The summed E-state index contributed by atoms with van der Waals surface area (Å²) in [6.07, 6.45) is 3.08. The molecule has 0 unspecified atom stereocenters. The second-order valence-corrected chi connectivity index (χ2v) is 6.22. The van der Waals surface area contributed by atoms with Crippen molar-refractivity contribution in [1.29, 1.82) is 0 Å². The Bertz CT molecular complexity index is 426. The first-order valence-corrected chi connectivity index (χ1v) is 8.45. The first kappa shape index (κ1) is 17.2. The van der Waals surface area contributed by atoms with Crippen molar-refractivity contribution in [3.05, 3.63) is 21.9 Å². The van der Waals surface area contributed by atoms with Crippen LogP contribution in [0.4, 0.5) is 0 Å². The summed E-state index contributed by atoms with van der Waals surface area (Å²) in [5, 5.41) is 8.73. The molecule has 0 amide bonds. The number of nitrogens with zero attached hydrogens (tertiary/aromatic N) is 1. The molecule has 0 aliphatic carbocycles. The third kappa shape index (κ3) is 6.09. The molecule has 0 aliphatic rings. The molecule has 0 aromatic carbocycles. The van der Waals surface area contributed by atoms with Gasteiger partial charge in [0.15, 0.2) is 0 Å². The standard InChI is InChI=1S/C17H27NOS/c1-4-15(5-2)13-18(6-3)14-17-11-10-16(20-17)9-7-8-12-19/h10-11,15,19H,4-6,8,12-14H2,1-3H3. The summed E-state index contributed by atoms with van der Waals surface area (Å²) >= 11 is 1.77. The van der Waals surface area contributed by atoms with Gasteiger partial charge in [-0.1, -0.05) is 45.5 Å². The molecule has 1 N–H and O–H groups in total. The van der Waals surface area contributed by atoms with Crippen LogP contribution in [-0.2, 0) is 6.54 Å². The van der Waals surface area contributed by atoms with Gasteiger partial charge in [-0.15, -0.1) is 11.3 Å². The second kappa shape index (κ2) is 9.99. The fourth-order valence-electron chi connectivity index (χ4n) is 2.17. The molecule has 1 rings (SSSR count). The Morgan fingerprint density at radius 3 is 2.60 bits per heavy atom. The number of rotatable bonds is 8. The van der Waals surface area contributed by atoms with Gasteiger partial charge < -0.3 is 5.11 Å². The predicted molar refractivity (Wildman–Crippen MR) is 87.9 cm³/mol. The Morgan fingerprint density at radius 2 is 2.00 bits per heavy atom. The van der Waals surface area contributed by atoms with Crippen molar-refractivity contribution in [2.75, 3.05) is 19.7 Å². The van der Waals surface area contributed by atoms with E-state index in [0.717, 1.165) is 23.9 Å². The lowest BCUT2D eigenvalue weighted by molar-refractivity contribution is 0.228. The molecule has 20 heavy (non-hydrogen) atoms. The third-order valence-electron chi connectivity index (χ3n) is 3.61. The Hall–Kier alpha value is -0.820. The van der Waals surface area contributed by atoms with Gasteiger partial charge in [0.2, 0.25) is 0 Å². The molecule has 1 aromatic rings. The van der Waals surface area contributed by atoms with Crippen molar-refractivity contribution >= 4 is 11.3 Å². The normalized spacial score (nSPS) is 10.9. The van der Waals surface area contributed by atoms with Gasteiger partial charge in [-0.3, -0.25) is 4.90 Å². The van der Waals surface area contributed by atoms with E-state index in [1.807, 2.05) is 0 Å². The van der Waals surface area contributed by atoms with Gasteiger partial charge in [0.05, 0.1) is 11.5 Å². The molecule has 0 spiro atoms. The number of hydrogen-bond acceptors (Lipinski definition) is 3. The van der Waals surface area contributed by atoms with Crippen LogP contribution in [0.3, 0.4) is 0 Å². The third-order valence-corrected chi connectivity index (χ3v) is 4.59. The van der Waals surface area contributed by atoms with E-state index in [0.29, 0.717) is 6.42 Å². The van der Waals surface area contributed by atoms with E-state index in [1.54, 1.807) is 11.3 Å². The second-order valence-electron chi connectivity index (χ2n) is 5.05. The molecule has 3 heteroatoms. The zero-order valence-corrected chi connectivity index (χ0v) is 13.8. The molecular weight excluding hydrogens is 266 g/mol. The SMILES string of the molecule is CCC(CC)CN(CC)Cc1ccc(C#CCCO)s1. The fraction of sp³-hybridized carbons (Fsp3) is 0.647. The number of aliphatic hydroxyl groups excluding tert-OH is 1. The topological polar surface area (TPSA) is 23.5 Å². The van der Waals surface area contributed by atoms with Crippen molar-refractivity contribution < 1.29 is 5.11 Å². The van der Waals surface area contributed by atoms with Gasteiger partial charge >= 0.3 is 0 Å². The summed E-state index contributed by atoms with van der Waals surface area (Å²) in [6.45, 7) is 10.2. The maximum atomic E-state index is 8.73. The molecule has 0 saturated carbocycles. The molecule has 0 radical (unpaired) electrons. The fourth-order valence-corrected chi connectivity index (χ4v) is 3.10. The highest BCUT2D eigenvalue weighted by Crippen LogP contribution is 2.19. The van der Waals surface area contributed by atoms with Crippen LogP contribution < -0.4 is 0 Å². The predicted octanol–water partition coefficient (Wildman–Crippen LogP) is 3.74. The highest BCUT2D eigenvalue weighted by molar-refractivity contribution is 7.12. The Morgan fingerprint density at radius 1 is 1.25 bits per heavy atom. The van der Waals surface area contributed by atoms with Crippen molar-refractivity contribution in [1.82, 2.24) is 4.90 Å². The van der Waals surface area contributed by atoms with E-state index in [4.69, 9.17) is 5.11 Å². The van der Waals surface area contributed by atoms with Crippen LogP contribution >= 0.6 is 11.3 Å². The van der Waals surface area contributed by atoms with E-state index in [2.05, 4.69) is 49.6 Å². The first-order valence-electron chi connectivity index (χ1n) is 7.64. The quantitative estimate of drug-likeness (QED) is 0.738. The van der Waals surface area contributed by atoms with Crippen LogP contribution in [0.1, 0.15) is 49.8 Å². The zero-order valence-electron chi connectivity index (χ0n) is 13.0. The van der Waals surface area contributed by atoms with E-state index in [1.165, 1.54) is 24.3 Å². The molecule has 2 nitrogen and oxygen atoms in total. The van der Waals surface area contributed by atoms with Gasteiger partial charge in [0.1, 0.15) is 0 Å². The molecular formula is C17H27NOS. The molecule has 0 fully saturated rings. The Kier molecular flexibility index (Phi) is 8.60. The number of aliphatic hydroxyl groups is 1. The van der Waals surface area contributed by atoms with Crippen LogP contribution in [0, 0.1) is 17.8 Å². The molecule has 0 bridgehead atoms. The van der Waals surface area contributed by atoms with Gasteiger partial charge in [-0.2, -0.15) is 0 Å². The molecule has 1 aromatic heterocycles. The van der Waals surface area contributed by atoms with Crippen molar-refractivity contribution in [2.24, 2.45) is 5.92 Å². The van der Waals surface area contributed by atoms with E-state index in [-0.39, 0.29) is 6.61 Å². The van der Waals surface area contributed by atoms with Crippen LogP contribution in [0.2, 0.25) is 0 Å². The van der Waals surface area contributed by atoms with E-state index < -0.39 is 0 Å². The first-order chi connectivity index (χ1) is 9.73. The summed E-state index contributed by atoms with van der Waals surface area (Å²) in [5.74, 6) is 6.89. The summed E-state index contributed by atoms with van der Waals surface area (Å²) in [7, 11) is 0.